The summed E-state index contributed by atoms with van der Waals surface area (Å²) in [4.78, 5) is 34.4. The highest BCUT2D eigenvalue weighted by atomic mass is 16.5. The van der Waals surface area contributed by atoms with Crippen molar-refractivity contribution in [1.82, 2.24) is 29.7 Å². The molecule has 5 rings (SSSR count). The second kappa shape index (κ2) is 9.02. The quantitative estimate of drug-likeness (QED) is 0.468. The van der Waals surface area contributed by atoms with Crippen molar-refractivity contribution >= 4 is 11.6 Å². The molecule has 0 bridgehead atoms. The summed E-state index contributed by atoms with van der Waals surface area (Å²) in [5.41, 5.74) is 8.58. The van der Waals surface area contributed by atoms with E-state index < -0.39 is 0 Å². The van der Waals surface area contributed by atoms with Crippen LogP contribution in [-0.4, -0.2) is 55.3 Å². The number of nitrogens with zero attached hydrogens (tertiary/aromatic N) is 8. The Morgan fingerprint density at radius 3 is 2.62 bits per heavy atom. The molecule has 0 unspecified atom stereocenters. The van der Waals surface area contributed by atoms with Crippen molar-refractivity contribution in [3.63, 3.8) is 0 Å². The van der Waals surface area contributed by atoms with Crippen LogP contribution in [0.3, 0.4) is 0 Å². The average Bonchev–Trinajstić information content (AvgIpc) is 3.36. The van der Waals surface area contributed by atoms with Crippen LogP contribution in [0.5, 0.6) is 0 Å². The zero-order valence-corrected chi connectivity index (χ0v) is 19.0. The molecule has 1 aromatic carbocycles. The number of hydrogen-bond acceptors (Lipinski definition) is 10. The molecule has 1 aliphatic heterocycles. The number of rotatable bonds is 5. The SMILES string of the molecule is C[C@@H]1CN(c2ccc(-c3noc(CN)n3)cc2)CCN1c1nc(-c2ccncn2)cc(=O)n1C. The van der Waals surface area contributed by atoms with Gasteiger partial charge < -0.3 is 20.1 Å². The molecule has 1 atom stereocenters. The molecule has 0 spiro atoms. The number of hydrogen-bond donors (Lipinski definition) is 1. The maximum absolute atomic E-state index is 12.7. The van der Waals surface area contributed by atoms with E-state index in [4.69, 9.17) is 15.2 Å². The first-order valence-electron chi connectivity index (χ1n) is 11.0. The van der Waals surface area contributed by atoms with E-state index in [1.54, 1.807) is 23.9 Å². The fraction of sp³-hybridized carbons (Fsp3) is 0.304. The molecule has 1 aliphatic rings. The highest BCUT2D eigenvalue weighted by molar-refractivity contribution is 5.61. The lowest BCUT2D eigenvalue weighted by Crippen LogP contribution is -2.53. The zero-order valence-electron chi connectivity index (χ0n) is 19.0. The lowest BCUT2D eigenvalue weighted by molar-refractivity contribution is 0.380. The van der Waals surface area contributed by atoms with Crippen LogP contribution in [0.1, 0.15) is 12.8 Å². The molecule has 11 nitrogen and oxygen atoms in total. The summed E-state index contributed by atoms with van der Waals surface area (Å²) < 4.78 is 6.69. The molecule has 1 saturated heterocycles. The molecular weight excluding hydrogens is 434 g/mol. The minimum Gasteiger partial charge on any atom is -0.368 e. The lowest BCUT2D eigenvalue weighted by Gasteiger charge is -2.42. The van der Waals surface area contributed by atoms with Gasteiger partial charge in [-0.15, -0.1) is 0 Å². The maximum Gasteiger partial charge on any atom is 0.255 e. The minimum absolute atomic E-state index is 0.122. The summed E-state index contributed by atoms with van der Waals surface area (Å²) in [6, 6.07) is 11.5. The smallest absolute Gasteiger partial charge is 0.255 e. The van der Waals surface area contributed by atoms with E-state index in [-0.39, 0.29) is 18.1 Å². The first kappa shape index (κ1) is 21.7. The summed E-state index contributed by atoms with van der Waals surface area (Å²) in [5, 5.41) is 3.97. The van der Waals surface area contributed by atoms with E-state index >= 15 is 0 Å². The van der Waals surface area contributed by atoms with Crippen LogP contribution >= 0.6 is 0 Å². The van der Waals surface area contributed by atoms with Crippen molar-refractivity contribution in [3.05, 3.63) is 65.2 Å². The van der Waals surface area contributed by atoms with Crippen LogP contribution in [-0.2, 0) is 13.6 Å². The predicted octanol–water partition coefficient (Wildman–Crippen LogP) is 1.46. The molecular formula is C23H25N9O2. The Labute approximate surface area is 195 Å². The van der Waals surface area contributed by atoms with E-state index in [1.165, 1.54) is 12.4 Å². The standard InChI is InChI=1S/C23H25N9O2/c1-15-13-31(17-5-3-16(4-6-17)22-28-20(12-24)34-29-22)9-10-32(15)23-27-19(11-21(33)30(23)2)18-7-8-25-14-26-18/h3-8,11,14-15H,9-10,12-13,24H2,1-2H3/t15-/m1/s1. The average molecular weight is 460 g/mol. The van der Waals surface area contributed by atoms with Crippen LogP contribution in [0.2, 0.25) is 0 Å². The van der Waals surface area contributed by atoms with E-state index in [1.807, 2.05) is 12.1 Å². The second-order valence-corrected chi connectivity index (χ2v) is 8.18. The molecule has 0 amide bonds. The van der Waals surface area contributed by atoms with E-state index in [0.717, 1.165) is 30.9 Å². The Morgan fingerprint density at radius 1 is 1.12 bits per heavy atom. The van der Waals surface area contributed by atoms with Crippen LogP contribution < -0.4 is 21.1 Å². The highest BCUT2D eigenvalue weighted by Gasteiger charge is 2.27. The fourth-order valence-electron chi connectivity index (χ4n) is 4.12. The van der Waals surface area contributed by atoms with E-state index in [2.05, 4.69) is 49.0 Å². The molecule has 1 fully saturated rings. The summed E-state index contributed by atoms with van der Waals surface area (Å²) >= 11 is 0. The molecule has 0 aliphatic carbocycles. The van der Waals surface area contributed by atoms with E-state index in [9.17, 15) is 4.79 Å². The van der Waals surface area contributed by atoms with Gasteiger partial charge >= 0.3 is 0 Å². The Kier molecular flexibility index (Phi) is 5.76. The van der Waals surface area contributed by atoms with Gasteiger partial charge in [0, 0.05) is 56.2 Å². The molecule has 3 aromatic heterocycles. The van der Waals surface area contributed by atoms with Crippen LogP contribution in [0.4, 0.5) is 11.6 Å². The molecule has 174 valence electrons. The van der Waals surface area contributed by atoms with Crippen LogP contribution in [0.15, 0.2) is 58.2 Å². The second-order valence-electron chi connectivity index (χ2n) is 8.18. The first-order chi connectivity index (χ1) is 16.5. The van der Waals surface area contributed by atoms with Gasteiger partial charge in [0.2, 0.25) is 17.7 Å². The molecule has 2 N–H and O–H groups in total. The molecule has 11 heteroatoms. The normalized spacial score (nSPS) is 16.1. The fourth-order valence-corrected chi connectivity index (χ4v) is 4.12. The van der Waals surface area contributed by atoms with Crippen molar-refractivity contribution < 1.29 is 4.52 Å². The van der Waals surface area contributed by atoms with Crippen molar-refractivity contribution in [1.29, 1.82) is 0 Å². The van der Waals surface area contributed by atoms with Crippen molar-refractivity contribution in [2.45, 2.75) is 19.5 Å². The summed E-state index contributed by atoms with van der Waals surface area (Å²) in [6.45, 7) is 4.65. The van der Waals surface area contributed by atoms with Gasteiger partial charge in [-0.2, -0.15) is 4.98 Å². The van der Waals surface area contributed by atoms with Gasteiger partial charge in [0.15, 0.2) is 0 Å². The van der Waals surface area contributed by atoms with Crippen LogP contribution in [0, 0.1) is 0 Å². The summed E-state index contributed by atoms with van der Waals surface area (Å²) in [7, 11) is 1.75. The Bertz CT molecular complexity index is 1330. The highest BCUT2D eigenvalue weighted by Crippen LogP contribution is 2.26. The molecule has 4 heterocycles. The summed E-state index contributed by atoms with van der Waals surface area (Å²) in [6.07, 6.45) is 3.10. The molecule has 4 aromatic rings. The molecule has 0 saturated carbocycles. The van der Waals surface area contributed by atoms with Gasteiger partial charge in [-0.1, -0.05) is 5.16 Å². The monoisotopic (exact) mass is 459 g/mol. The number of aromatic nitrogens is 6. The van der Waals surface area contributed by atoms with Gasteiger partial charge in [-0.05, 0) is 37.3 Å². The minimum atomic E-state index is -0.122. The maximum atomic E-state index is 12.7. The third-order valence-corrected chi connectivity index (χ3v) is 5.97. The van der Waals surface area contributed by atoms with Gasteiger partial charge in [0.05, 0.1) is 17.9 Å². The van der Waals surface area contributed by atoms with Crippen molar-refractivity contribution in [2.75, 3.05) is 29.4 Å². The molecule has 34 heavy (non-hydrogen) atoms. The number of benzene rings is 1. The van der Waals surface area contributed by atoms with Crippen molar-refractivity contribution in [3.8, 4) is 22.8 Å². The zero-order chi connectivity index (χ0) is 23.7. The number of anilines is 2. The largest absolute Gasteiger partial charge is 0.368 e. The number of nitrogens with two attached hydrogens (primary N) is 1. The van der Waals surface area contributed by atoms with Crippen LogP contribution in [0.25, 0.3) is 22.8 Å². The topological polar surface area (TPSA) is 132 Å². The van der Waals surface area contributed by atoms with Gasteiger partial charge in [-0.3, -0.25) is 9.36 Å². The number of piperazine rings is 1. The van der Waals surface area contributed by atoms with Crippen molar-refractivity contribution in [2.24, 2.45) is 12.8 Å². The van der Waals surface area contributed by atoms with Gasteiger partial charge in [0.25, 0.3) is 5.56 Å². The molecule has 0 radical (unpaired) electrons. The third-order valence-electron chi connectivity index (χ3n) is 5.97. The third kappa shape index (κ3) is 4.13. The first-order valence-corrected chi connectivity index (χ1v) is 11.0. The predicted molar refractivity (Wildman–Crippen MR) is 127 cm³/mol. The van der Waals surface area contributed by atoms with Gasteiger partial charge in [0.1, 0.15) is 6.33 Å². The van der Waals surface area contributed by atoms with Gasteiger partial charge in [-0.25, -0.2) is 15.0 Å². The Balaban J connectivity index is 1.34. The Morgan fingerprint density at radius 2 is 1.94 bits per heavy atom. The lowest BCUT2D eigenvalue weighted by atomic mass is 10.1. The van der Waals surface area contributed by atoms with E-state index in [0.29, 0.717) is 29.1 Å². The Hall–Kier alpha value is -4.12. The summed E-state index contributed by atoms with van der Waals surface area (Å²) in [5.74, 6) is 1.58.